The average molecular weight is 476 g/mol. The van der Waals surface area contributed by atoms with Crippen molar-refractivity contribution in [2.24, 2.45) is 0 Å². The van der Waals surface area contributed by atoms with Crippen LogP contribution in [0.5, 0.6) is 0 Å². The highest BCUT2D eigenvalue weighted by Crippen LogP contribution is 2.41. The lowest BCUT2D eigenvalue weighted by molar-refractivity contribution is 0.622. The molecule has 1 N–H and O–H groups in total. The van der Waals surface area contributed by atoms with Gasteiger partial charge in [0, 0.05) is 17.0 Å². The second kappa shape index (κ2) is 8.24. The Morgan fingerprint density at radius 3 is 2.64 bits per heavy atom. The fourth-order valence-corrected chi connectivity index (χ4v) is 5.73. The second-order valence-electron chi connectivity index (χ2n) is 7.88. The molecule has 3 aromatic heterocycles. The number of H-pyrrole nitrogens is 1. The average Bonchev–Trinajstić information content (AvgIpc) is 3.43. The Morgan fingerprint density at radius 1 is 1.06 bits per heavy atom. The van der Waals surface area contributed by atoms with Crippen molar-refractivity contribution >= 4 is 33.3 Å². The number of nitrogens with zero attached hydrogens (tertiary/aromatic N) is 4. The molecule has 0 saturated heterocycles. The van der Waals surface area contributed by atoms with Crippen molar-refractivity contribution in [3.8, 4) is 22.5 Å². The summed E-state index contributed by atoms with van der Waals surface area (Å²) < 4.78 is 16.4. The van der Waals surface area contributed by atoms with E-state index in [2.05, 4.69) is 15.2 Å². The van der Waals surface area contributed by atoms with Crippen LogP contribution in [0.25, 0.3) is 32.7 Å². The van der Waals surface area contributed by atoms with Crippen LogP contribution in [-0.4, -0.2) is 24.7 Å². The summed E-state index contributed by atoms with van der Waals surface area (Å²) >= 11 is 2.91. The number of aromatic amines is 1. The van der Waals surface area contributed by atoms with Gasteiger partial charge >= 0.3 is 0 Å². The zero-order valence-corrected chi connectivity index (χ0v) is 19.0. The largest absolute Gasteiger partial charge is 0.309 e. The molecule has 33 heavy (non-hydrogen) atoms. The first-order valence-electron chi connectivity index (χ1n) is 10.6. The van der Waals surface area contributed by atoms with Crippen LogP contribution in [0, 0.1) is 5.82 Å². The van der Waals surface area contributed by atoms with Gasteiger partial charge in [-0.15, -0.1) is 21.5 Å². The predicted molar refractivity (Wildman–Crippen MR) is 129 cm³/mol. The van der Waals surface area contributed by atoms with Gasteiger partial charge < -0.3 is 4.98 Å². The fourth-order valence-electron chi connectivity index (χ4n) is 3.89. The highest BCUT2D eigenvalue weighted by atomic mass is 32.2. The molecule has 164 valence electrons. The van der Waals surface area contributed by atoms with Gasteiger partial charge in [0.15, 0.2) is 11.0 Å². The van der Waals surface area contributed by atoms with Gasteiger partial charge in [0.2, 0.25) is 0 Å². The molecule has 1 fully saturated rings. The lowest BCUT2D eigenvalue weighted by atomic mass is 10.1. The Bertz CT molecular complexity index is 1520. The number of benzene rings is 2. The van der Waals surface area contributed by atoms with Gasteiger partial charge in [-0.3, -0.25) is 9.36 Å². The summed E-state index contributed by atoms with van der Waals surface area (Å²) in [5, 5.41) is 11.9. The van der Waals surface area contributed by atoms with Crippen molar-refractivity contribution in [1.29, 1.82) is 0 Å². The molecule has 1 aliphatic carbocycles. The minimum Gasteiger partial charge on any atom is -0.309 e. The van der Waals surface area contributed by atoms with E-state index in [-0.39, 0.29) is 17.4 Å². The van der Waals surface area contributed by atoms with Gasteiger partial charge in [0.25, 0.3) is 5.56 Å². The summed E-state index contributed by atoms with van der Waals surface area (Å²) in [5.41, 5.74) is 2.19. The van der Waals surface area contributed by atoms with Crippen LogP contribution >= 0.6 is 23.1 Å². The molecule has 0 spiro atoms. The van der Waals surface area contributed by atoms with E-state index in [1.54, 1.807) is 18.2 Å². The highest BCUT2D eigenvalue weighted by Gasteiger charge is 2.31. The fraction of sp³-hybridized carbons (Fsp3) is 0.167. The Kier molecular flexibility index (Phi) is 5.07. The maximum absolute atomic E-state index is 14.4. The molecule has 0 amide bonds. The van der Waals surface area contributed by atoms with Gasteiger partial charge in [-0.1, -0.05) is 54.2 Å². The minimum absolute atomic E-state index is 0.147. The van der Waals surface area contributed by atoms with E-state index in [9.17, 15) is 9.18 Å². The first-order chi connectivity index (χ1) is 16.2. The highest BCUT2D eigenvalue weighted by molar-refractivity contribution is 7.98. The first-order valence-corrected chi connectivity index (χ1v) is 12.4. The maximum Gasteiger partial charge on any atom is 0.260 e. The molecule has 0 aliphatic heterocycles. The van der Waals surface area contributed by atoms with Crippen LogP contribution < -0.4 is 5.56 Å². The van der Waals surface area contributed by atoms with Crippen LogP contribution in [0.1, 0.15) is 24.7 Å². The molecule has 0 radical (unpaired) electrons. The van der Waals surface area contributed by atoms with Crippen LogP contribution in [0.2, 0.25) is 0 Å². The molecule has 9 heteroatoms. The van der Waals surface area contributed by atoms with Crippen molar-refractivity contribution < 1.29 is 4.39 Å². The van der Waals surface area contributed by atoms with Gasteiger partial charge in [-0.05, 0) is 30.5 Å². The summed E-state index contributed by atoms with van der Waals surface area (Å²) in [6.07, 6.45) is 2.04. The smallest absolute Gasteiger partial charge is 0.260 e. The topological polar surface area (TPSA) is 76.5 Å². The van der Waals surface area contributed by atoms with Crippen LogP contribution in [0.3, 0.4) is 0 Å². The SMILES string of the molecule is O=c1[nH]c(CSc2nnc(-c3ccccc3F)n2C2CC2)nc2scc(-c3ccccc3)c12. The van der Waals surface area contributed by atoms with Crippen molar-refractivity contribution in [2.75, 3.05) is 0 Å². The number of thioether (sulfide) groups is 1. The van der Waals surface area contributed by atoms with E-state index >= 15 is 0 Å². The zero-order chi connectivity index (χ0) is 22.4. The molecule has 6 rings (SSSR count). The van der Waals surface area contributed by atoms with Gasteiger partial charge in [-0.2, -0.15) is 0 Å². The zero-order valence-electron chi connectivity index (χ0n) is 17.4. The number of fused-ring (bicyclic) bond motifs is 1. The molecular weight excluding hydrogens is 457 g/mol. The summed E-state index contributed by atoms with van der Waals surface area (Å²) in [7, 11) is 0. The third kappa shape index (κ3) is 3.77. The van der Waals surface area contributed by atoms with Crippen LogP contribution in [0.4, 0.5) is 4.39 Å². The van der Waals surface area contributed by atoms with E-state index in [4.69, 9.17) is 4.98 Å². The Labute approximate surface area is 196 Å². The quantitative estimate of drug-likeness (QED) is 0.320. The van der Waals surface area contributed by atoms with E-state index in [0.717, 1.165) is 24.0 Å². The second-order valence-corrected chi connectivity index (χ2v) is 9.68. The molecule has 0 unspecified atom stereocenters. The summed E-state index contributed by atoms with van der Waals surface area (Å²) in [6.45, 7) is 0. The van der Waals surface area contributed by atoms with Crippen LogP contribution in [-0.2, 0) is 5.75 Å². The Balaban J connectivity index is 1.30. The van der Waals surface area contributed by atoms with E-state index in [1.807, 2.05) is 40.3 Å². The number of thiophene rings is 1. The molecule has 1 aliphatic rings. The summed E-state index contributed by atoms with van der Waals surface area (Å²) in [6, 6.07) is 16.7. The van der Waals surface area contributed by atoms with Crippen LogP contribution in [0.15, 0.2) is 69.9 Å². The number of hydrogen-bond acceptors (Lipinski definition) is 6. The Morgan fingerprint density at radius 2 is 1.85 bits per heavy atom. The van der Waals surface area contributed by atoms with Gasteiger partial charge in [0.1, 0.15) is 16.5 Å². The van der Waals surface area contributed by atoms with Crippen molar-refractivity contribution in [1.82, 2.24) is 24.7 Å². The lowest BCUT2D eigenvalue weighted by Gasteiger charge is -2.09. The summed E-state index contributed by atoms with van der Waals surface area (Å²) in [4.78, 5) is 21.2. The number of aromatic nitrogens is 5. The normalized spacial score (nSPS) is 13.6. The number of halogens is 1. The minimum atomic E-state index is -0.313. The third-order valence-corrected chi connectivity index (χ3v) is 7.43. The number of nitrogens with one attached hydrogen (secondary N) is 1. The predicted octanol–water partition coefficient (Wildman–Crippen LogP) is 5.68. The van der Waals surface area contributed by atoms with Gasteiger partial charge in [0.05, 0.1) is 16.7 Å². The number of rotatable bonds is 6. The van der Waals surface area contributed by atoms with E-state index in [0.29, 0.717) is 38.3 Å². The molecule has 2 aromatic carbocycles. The van der Waals surface area contributed by atoms with Crippen molar-refractivity contribution in [2.45, 2.75) is 29.8 Å². The Hall–Kier alpha value is -3.30. The third-order valence-electron chi connectivity index (χ3n) is 5.61. The maximum atomic E-state index is 14.4. The monoisotopic (exact) mass is 475 g/mol. The molecule has 5 aromatic rings. The van der Waals surface area contributed by atoms with Gasteiger partial charge in [-0.25, -0.2) is 9.37 Å². The summed E-state index contributed by atoms with van der Waals surface area (Å²) in [5.74, 6) is 1.25. The lowest BCUT2D eigenvalue weighted by Crippen LogP contribution is -2.11. The standard InChI is InChI=1S/C24H18FN5OS2/c25-18-9-5-4-8-16(18)21-28-29-24(30(21)15-10-11-15)33-13-19-26-22(31)20-17(12-32-23(20)27-19)14-6-2-1-3-7-14/h1-9,12,15H,10-11,13H2,(H,26,27,31). The molecular formula is C24H18FN5OS2. The molecule has 1 saturated carbocycles. The molecule has 0 atom stereocenters. The van der Waals surface area contributed by atoms with Crippen molar-refractivity contribution in [3.63, 3.8) is 0 Å². The molecule has 6 nitrogen and oxygen atoms in total. The molecule has 0 bridgehead atoms. The number of hydrogen-bond donors (Lipinski definition) is 1. The van der Waals surface area contributed by atoms with E-state index < -0.39 is 0 Å². The molecule has 3 heterocycles. The van der Waals surface area contributed by atoms with Crippen molar-refractivity contribution in [3.05, 3.63) is 82.0 Å². The first kappa shape index (κ1) is 20.3. The van der Waals surface area contributed by atoms with E-state index in [1.165, 1.54) is 29.2 Å².